The molecule has 92 valence electrons. The highest BCUT2D eigenvalue weighted by Crippen LogP contribution is 2.37. The Morgan fingerprint density at radius 3 is 3.00 bits per heavy atom. The summed E-state index contributed by atoms with van der Waals surface area (Å²) >= 11 is 0. The quantitative estimate of drug-likeness (QED) is 0.794. The number of phenols is 1. The van der Waals surface area contributed by atoms with Crippen LogP contribution in [0.15, 0.2) is 40.7 Å². The number of aromatic nitrogens is 1. The first-order chi connectivity index (χ1) is 8.74. The molecule has 0 bridgehead atoms. The summed E-state index contributed by atoms with van der Waals surface area (Å²) in [6.07, 6.45) is 2.77. The maximum absolute atomic E-state index is 9.93. The number of nitrogens with zero attached hydrogens (tertiary/aromatic N) is 3. The molecule has 0 atom stereocenters. The van der Waals surface area contributed by atoms with Gasteiger partial charge in [0, 0.05) is 31.5 Å². The molecule has 1 aliphatic rings. The molecule has 2 N–H and O–H groups in total. The third-order valence-corrected chi connectivity index (χ3v) is 3.15. The minimum absolute atomic E-state index is 0.165. The van der Waals surface area contributed by atoms with E-state index in [-0.39, 0.29) is 5.75 Å². The predicted molar refractivity (Wildman–Crippen MR) is 70.0 cm³/mol. The Kier molecular flexibility index (Phi) is 2.51. The van der Waals surface area contributed by atoms with Crippen molar-refractivity contribution in [1.29, 1.82) is 0 Å². The first-order valence-electron chi connectivity index (χ1n) is 5.86. The van der Waals surface area contributed by atoms with Gasteiger partial charge in [0.15, 0.2) is 5.82 Å². The number of aromatic hydroxyl groups is 1. The van der Waals surface area contributed by atoms with Crippen LogP contribution < -0.4 is 4.90 Å². The zero-order valence-electron chi connectivity index (χ0n) is 10.1. The van der Waals surface area contributed by atoms with Gasteiger partial charge in [0.1, 0.15) is 11.4 Å². The summed E-state index contributed by atoms with van der Waals surface area (Å²) in [6, 6.07) is 7.33. The second kappa shape index (κ2) is 4.18. The zero-order valence-corrected chi connectivity index (χ0v) is 10.1. The highest BCUT2D eigenvalue weighted by molar-refractivity contribution is 5.68. The summed E-state index contributed by atoms with van der Waals surface area (Å²) in [5, 5.41) is 18.0. The molecule has 5 heteroatoms. The Morgan fingerprint density at radius 2 is 2.22 bits per heavy atom. The second-order valence-corrected chi connectivity index (χ2v) is 4.40. The molecule has 3 rings (SSSR count). The topological polar surface area (TPSA) is 64.0 Å². The van der Waals surface area contributed by atoms with Crippen molar-refractivity contribution in [2.45, 2.75) is 6.42 Å². The maximum Gasteiger partial charge on any atom is 0.152 e. The van der Waals surface area contributed by atoms with Gasteiger partial charge in [-0.05, 0) is 30.2 Å². The lowest BCUT2D eigenvalue weighted by atomic mass is 10.1. The number of nitrogens with one attached hydrogen (secondary N) is 1. The van der Waals surface area contributed by atoms with Crippen molar-refractivity contribution in [1.82, 2.24) is 4.98 Å². The van der Waals surface area contributed by atoms with Crippen LogP contribution in [0.4, 0.5) is 17.2 Å². The largest absolute Gasteiger partial charge is 0.506 e. The molecule has 5 nitrogen and oxygen atoms in total. The lowest BCUT2D eigenvalue weighted by Gasteiger charge is -2.12. The smallest absolute Gasteiger partial charge is 0.152 e. The maximum atomic E-state index is 9.93. The molecule has 1 aliphatic heterocycles. The van der Waals surface area contributed by atoms with Gasteiger partial charge in [-0.2, -0.15) is 0 Å². The fourth-order valence-electron chi connectivity index (χ4n) is 2.14. The average molecular weight is 242 g/mol. The van der Waals surface area contributed by atoms with Gasteiger partial charge in [-0.1, -0.05) is 0 Å². The van der Waals surface area contributed by atoms with Crippen LogP contribution in [0.3, 0.4) is 0 Å². The highest BCUT2D eigenvalue weighted by atomic mass is 16.3. The van der Waals surface area contributed by atoms with E-state index in [9.17, 15) is 5.11 Å². The molecule has 1 aromatic heterocycles. The molecule has 0 saturated heterocycles. The summed E-state index contributed by atoms with van der Waals surface area (Å²) in [4.78, 5) is 5.06. The van der Waals surface area contributed by atoms with Gasteiger partial charge in [0.05, 0.1) is 0 Å². The first kappa shape index (κ1) is 10.8. The number of hydrogen-bond donors (Lipinski definition) is 2. The standard InChI is InChI=1S/C13H14N4O/c1-17-6-4-9-7-10(12(18)8-11(9)17)15-16-13-3-2-5-14-13/h2-3,5,7-8,14,18H,4,6H2,1H3. The van der Waals surface area contributed by atoms with Crippen LogP contribution in [0, 0.1) is 0 Å². The Hall–Kier alpha value is -2.30. The van der Waals surface area contributed by atoms with E-state index in [2.05, 4.69) is 20.1 Å². The Morgan fingerprint density at radius 1 is 1.33 bits per heavy atom. The zero-order chi connectivity index (χ0) is 12.5. The molecular weight excluding hydrogens is 228 g/mol. The molecular formula is C13H14N4O. The van der Waals surface area contributed by atoms with Gasteiger partial charge in [-0.25, -0.2) is 0 Å². The Balaban J connectivity index is 1.94. The van der Waals surface area contributed by atoms with Crippen molar-refractivity contribution < 1.29 is 5.11 Å². The predicted octanol–water partition coefficient (Wildman–Crippen LogP) is 3.13. The van der Waals surface area contributed by atoms with Crippen LogP contribution in [-0.4, -0.2) is 23.7 Å². The minimum Gasteiger partial charge on any atom is -0.506 e. The normalized spacial score (nSPS) is 14.4. The lowest BCUT2D eigenvalue weighted by molar-refractivity contribution is 0.476. The third kappa shape index (κ3) is 1.84. The summed E-state index contributed by atoms with van der Waals surface area (Å²) in [5.74, 6) is 0.838. The molecule has 0 fully saturated rings. The fraction of sp³-hybridized carbons (Fsp3) is 0.231. The number of azo groups is 1. The van der Waals surface area contributed by atoms with Crippen LogP contribution in [-0.2, 0) is 6.42 Å². The van der Waals surface area contributed by atoms with Crippen molar-refractivity contribution in [3.8, 4) is 5.75 Å². The molecule has 0 radical (unpaired) electrons. The molecule has 0 saturated carbocycles. The monoisotopic (exact) mass is 242 g/mol. The number of rotatable bonds is 2. The number of phenolic OH excluding ortho intramolecular Hbond substituents is 1. The Labute approximate surface area is 105 Å². The molecule has 2 heterocycles. The number of likely N-dealkylation sites (N-methyl/N-ethyl adjacent to an activating group) is 1. The number of fused-ring (bicyclic) bond motifs is 1. The molecule has 0 amide bonds. The van der Waals surface area contributed by atoms with Gasteiger partial charge < -0.3 is 15.0 Å². The van der Waals surface area contributed by atoms with E-state index in [1.54, 1.807) is 12.3 Å². The van der Waals surface area contributed by atoms with Crippen molar-refractivity contribution in [2.24, 2.45) is 10.2 Å². The van der Waals surface area contributed by atoms with Gasteiger partial charge in [0.25, 0.3) is 0 Å². The summed E-state index contributed by atoms with van der Waals surface area (Å²) in [5.41, 5.74) is 2.79. The summed E-state index contributed by atoms with van der Waals surface area (Å²) < 4.78 is 0. The minimum atomic E-state index is 0.165. The Bertz CT molecular complexity index is 589. The summed E-state index contributed by atoms with van der Waals surface area (Å²) in [6.45, 7) is 0.978. The number of benzene rings is 1. The lowest BCUT2D eigenvalue weighted by Crippen LogP contribution is -2.12. The molecule has 0 aliphatic carbocycles. The van der Waals surface area contributed by atoms with Crippen LogP contribution in [0.25, 0.3) is 0 Å². The van der Waals surface area contributed by atoms with E-state index in [0.717, 1.165) is 18.7 Å². The van der Waals surface area contributed by atoms with Gasteiger partial charge in [0.2, 0.25) is 0 Å². The highest BCUT2D eigenvalue weighted by Gasteiger charge is 2.18. The van der Waals surface area contributed by atoms with Gasteiger partial charge in [-0.15, -0.1) is 10.2 Å². The van der Waals surface area contributed by atoms with Crippen LogP contribution in [0.1, 0.15) is 5.56 Å². The van der Waals surface area contributed by atoms with Crippen LogP contribution in [0.2, 0.25) is 0 Å². The molecule has 2 aromatic rings. The molecule has 0 spiro atoms. The SMILES string of the molecule is CN1CCc2cc(N=Nc3ccc[nH]3)c(O)cc21. The van der Waals surface area contributed by atoms with Gasteiger partial charge >= 0.3 is 0 Å². The molecule has 0 unspecified atom stereocenters. The number of H-pyrrole nitrogens is 1. The van der Waals surface area contributed by atoms with E-state index in [1.165, 1.54) is 5.56 Å². The average Bonchev–Trinajstić information content (AvgIpc) is 2.98. The van der Waals surface area contributed by atoms with Crippen molar-refractivity contribution in [3.63, 3.8) is 0 Å². The van der Waals surface area contributed by atoms with Crippen molar-refractivity contribution >= 4 is 17.2 Å². The number of hydrogen-bond acceptors (Lipinski definition) is 4. The number of aromatic amines is 1. The number of anilines is 1. The van der Waals surface area contributed by atoms with E-state index in [0.29, 0.717) is 11.5 Å². The van der Waals surface area contributed by atoms with Crippen LogP contribution in [0.5, 0.6) is 5.75 Å². The van der Waals surface area contributed by atoms with Crippen LogP contribution >= 0.6 is 0 Å². The first-order valence-corrected chi connectivity index (χ1v) is 5.86. The van der Waals surface area contributed by atoms with E-state index < -0.39 is 0 Å². The van der Waals surface area contributed by atoms with Gasteiger partial charge in [-0.3, -0.25) is 0 Å². The molecule has 1 aromatic carbocycles. The van der Waals surface area contributed by atoms with Crippen molar-refractivity contribution in [2.75, 3.05) is 18.5 Å². The fourth-order valence-corrected chi connectivity index (χ4v) is 2.14. The van der Waals surface area contributed by atoms with E-state index in [1.807, 2.05) is 25.2 Å². The third-order valence-electron chi connectivity index (χ3n) is 3.15. The van der Waals surface area contributed by atoms with E-state index in [4.69, 9.17) is 0 Å². The molecule has 18 heavy (non-hydrogen) atoms. The van der Waals surface area contributed by atoms with E-state index >= 15 is 0 Å². The second-order valence-electron chi connectivity index (χ2n) is 4.40. The van der Waals surface area contributed by atoms with Crippen molar-refractivity contribution in [3.05, 3.63) is 36.0 Å². The summed E-state index contributed by atoms with van der Waals surface area (Å²) in [7, 11) is 2.02.